The van der Waals surface area contributed by atoms with Gasteiger partial charge in [-0.2, -0.15) is 0 Å². The number of amides is 1. The summed E-state index contributed by atoms with van der Waals surface area (Å²) in [5.41, 5.74) is 0.247. The Morgan fingerprint density at radius 2 is 1.91 bits per heavy atom. The van der Waals surface area contributed by atoms with Crippen molar-refractivity contribution in [2.24, 2.45) is 11.3 Å². The Kier molecular flexibility index (Phi) is 6.54. The average Bonchev–Trinajstić information content (AvgIpc) is 2.55. The molecular weight excluding hydrogens is 300 g/mol. The summed E-state index contributed by atoms with van der Waals surface area (Å²) >= 11 is 0. The first-order valence-corrected chi connectivity index (χ1v) is 8.89. The molecule has 0 aromatic carbocycles. The normalized spacial score (nSPS) is 31.1. The fourth-order valence-corrected chi connectivity index (χ4v) is 4.64. The Morgan fingerprint density at radius 3 is 2.55 bits per heavy atom. The lowest BCUT2D eigenvalue weighted by Crippen LogP contribution is -2.66. The Balaban J connectivity index is 0.00000176. The van der Waals surface area contributed by atoms with E-state index in [2.05, 4.69) is 17.6 Å². The monoisotopic (exact) mass is 330 g/mol. The minimum Gasteiger partial charge on any atom is -0.378 e. The van der Waals surface area contributed by atoms with Crippen molar-refractivity contribution in [1.82, 2.24) is 10.6 Å². The van der Waals surface area contributed by atoms with E-state index in [1.54, 1.807) is 0 Å². The van der Waals surface area contributed by atoms with Crippen LogP contribution in [0.1, 0.15) is 58.3 Å². The third-order valence-electron chi connectivity index (χ3n) is 5.96. The van der Waals surface area contributed by atoms with Gasteiger partial charge in [0.2, 0.25) is 5.91 Å². The number of halogens is 1. The highest BCUT2D eigenvalue weighted by atomic mass is 35.5. The summed E-state index contributed by atoms with van der Waals surface area (Å²) in [6.45, 7) is 4.84. The van der Waals surface area contributed by atoms with E-state index in [1.165, 1.54) is 32.1 Å². The van der Waals surface area contributed by atoms with Crippen LogP contribution in [0.25, 0.3) is 0 Å². The van der Waals surface area contributed by atoms with Gasteiger partial charge in [0.05, 0.1) is 6.10 Å². The van der Waals surface area contributed by atoms with E-state index in [0.29, 0.717) is 18.1 Å². The van der Waals surface area contributed by atoms with Gasteiger partial charge in [-0.25, -0.2) is 0 Å². The fourth-order valence-electron chi connectivity index (χ4n) is 4.64. The molecule has 3 rings (SSSR count). The first-order chi connectivity index (χ1) is 10.3. The highest BCUT2D eigenvalue weighted by molar-refractivity contribution is 5.85. The highest BCUT2D eigenvalue weighted by Crippen LogP contribution is 2.53. The summed E-state index contributed by atoms with van der Waals surface area (Å²) in [5.74, 6) is 0.513. The smallest absolute Gasteiger partial charge is 0.223 e. The third-order valence-corrected chi connectivity index (χ3v) is 5.96. The lowest BCUT2D eigenvalue weighted by Gasteiger charge is -2.57. The largest absolute Gasteiger partial charge is 0.378 e. The SMILES string of the molecule is CCOC1CC(NC(=O)C2CCNCC2)C12CCCCC2.Cl. The van der Waals surface area contributed by atoms with Gasteiger partial charge in [0, 0.05) is 24.0 Å². The molecule has 0 aromatic rings. The van der Waals surface area contributed by atoms with Crippen molar-refractivity contribution in [1.29, 1.82) is 0 Å². The van der Waals surface area contributed by atoms with Crippen molar-refractivity contribution in [2.75, 3.05) is 19.7 Å². The summed E-state index contributed by atoms with van der Waals surface area (Å²) in [6, 6.07) is 0.358. The molecular formula is C17H31ClN2O2. The van der Waals surface area contributed by atoms with E-state index in [1.807, 2.05) is 0 Å². The number of piperidine rings is 1. The van der Waals surface area contributed by atoms with Gasteiger partial charge in [-0.1, -0.05) is 19.3 Å². The second-order valence-corrected chi connectivity index (χ2v) is 7.06. The zero-order chi connectivity index (χ0) is 14.7. The molecule has 2 atom stereocenters. The molecule has 2 aliphatic carbocycles. The van der Waals surface area contributed by atoms with Crippen molar-refractivity contribution in [3.8, 4) is 0 Å². The molecule has 0 radical (unpaired) electrons. The van der Waals surface area contributed by atoms with E-state index in [-0.39, 0.29) is 23.7 Å². The van der Waals surface area contributed by atoms with Crippen molar-refractivity contribution >= 4 is 18.3 Å². The third kappa shape index (κ3) is 3.44. The van der Waals surface area contributed by atoms with E-state index in [0.717, 1.165) is 39.0 Å². The maximum atomic E-state index is 12.5. The van der Waals surface area contributed by atoms with Crippen molar-refractivity contribution in [3.63, 3.8) is 0 Å². The van der Waals surface area contributed by atoms with Crippen LogP contribution < -0.4 is 10.6 Å². The van der Waals surface area contributed by atoms with Crippen LogP contribution in [0.5, 0.6) is 0 Å². The van der Waals surface area contributed by atoms with E-state index in [4.69, 9.17) is 4.74 Å². The topological polar surface area (TPSA) is 50.4 Å². The van der Waals surface area contributed by atoms with Crippen LogP contribution in [0, 0.1) is 11.3 Å². The zero-order valence-corrected chi connectivity index (χ0v) is 14.6. The van der Waals surface area contributed by atoms with Crippen LogP contribution in [0.15, 0.2) is 0 Å². The maximum Gasteiger partial charge on any atom is 0.223 e. The number of rotatable bonds is 4. The van der Waals surface area contributed by atoms with Gasteiger partial charge in [-0.15, -0.1) is 12.4 Å². The molecule has 1 spiro atoms. The molecule has 0 aromatic heterocycles. The van der Waals surface area contributed by atoms with Gasteiger partial charge < -0.3 is 15.4 Å². The molecule has 1 saturated heterocycles. The van der Waals surface area contributed by atoms with Gasteiger partial charge in [-0.3, -0.25) is 4.79 Å². The molecule has 1 aliphatic heterocycles. The summed E-state index contributed by atoms with van der Waals surface area (Å²) < 4.78 is 5.97. The Bertz CT molecular complexity index is 366. The molecule has 5 heteroatoms. The van der Waals surface area contributed by atoms with E-state index < -0.39 is 0 Å². The van der Waals surface area contributed by atoms with Crippen LogP contribution in [-0.2, 0) is 9.53 Å². The summed E-state index contributed by atoms with van der Waals surface area (Å²) in [6.07, 6.45) is 9.76. The number of hydrogen-bond acceptors (Lipinski definition) is 3. The van der Waals surface area contributed by atoms with Gasteiger partial charge in [0.1, 0.15) is 0 Å². The molecule has 4 nitrogen and oxygen atoms in total. The van der Waals surface area contributed by atoms with Gasteiger partial charge >= 0.3 is 0 Å². The predicted molar refractivity (Wildman–Crippen MR) is 90.3 cm³/mol. The molecule has 2 unspecified atom stereocenters. The first kappa shape index (κ1) is 18.0. The Labute approximate surface area is 140 Å². The quantitative estimate of drug-likeness (QED) is 0.833. The van der Waals surface area contributed by atoms with Crippen LogP contribution in [0.3, 0.4) is 0 Å². The lowest BCUT2D eigenvalue weighted by atomic mass is 9.55. The molecule has 0 bridgehead atoms. The minimum absolute atomic E-state index is 0. The van der Waals surface area contributed by atoms with E-state index >= 15 is 0 Å². The highest BCUT2D eigenvalue weighted by Gasteiger charge is 2.56. The maximum absolute atomic E-state index is 12.5. The zero-order valence-electron chi connectivity index (χ0n) is 13.7. The number of carbonyl (C=O) groups is 1. The number of carbonyl (C=O) groups excluding carboxylic acids is 1. The Hall–Kier alpha value is -0.320. The fraction of sp³-hybridized carbons (Fsp3) is 0.941. The van der Waals surface area contributed by atoms with Crippen LogP contribution >= 0.6 is 12.4 Å². The van der Waals surface area contributed by atoms with Gasteiger partial charge in [0.15, 0.2) is 0 Å². The molecule has 2 saturated carbocycles. The molecule has 3 aliphatic rings. The lowest BCUT2D eigenvalue weighted by molar-refractivity contribution is -0.158. The molecule has 22 heavy (non-hydrogen) atoms. The average molecular weight is 331 g/mol. The van der Waals surface area contributed by atoms with Crippen LogP contribution in [0.4, 0.5) is 0 Å². The summed E-state index contributed by atoms with van der Waals surface area (Å²) in [5, 5.41) is 6.72. The second kappa shape index (κ2) is 7.98. The molecule has 128 valence electrons. The van der Waals surface area contributed by atoms with Crippen molar-refractivity contribution in [2.45, 2.75) is 70.4 Å². The number of hydrogen-bond donors (Lipinski definition) is 2. The number of nitrogens with one attached hydrogen (secondary N) is 2. The summed E-state index contributed by atoms with van der Waals surface area (Å²) in [7, 11) is 0. The molecule has 1 heterocycles. The molecule has 1 amide bonds. The molecule has 2 N–H and O–H groups in total. The second-order valence-electron chi connectivity index (χ2n) is 7.06. The van der Waals surface area contributed by atoms with Crippen LogP contribution in [-0.4, -0.2) is 37.7 Å². The molecule has 3 fully saturated rings. The summed E-state index contributed by atoms with van der Waals surface area (Å²) in [4.78, 5) is 12.5. The predicted octanol–water partition coefficient (Wildman–Crippen LogP) is 2.65. The Morgan fingerprint density at radius 1 is 1.23 bits per heavy atom. The van der Waals surface area contributed by atoms with Crippen molar-refractivity contribution < 1.29 is 9.53 Å². The number of ether oxygens (including phenoxy) is 1. The van der Waals surface area contributed by atoms with Gasteiger partial charge in [0.25, 0.3) is 0 Å². The van der Waals surface area contributed by atoms with Crippen molar-refractivity contribution in [3.05, 3.63) is 0 Å². The van der Waals surface area contributed by atoms with E-state index in [9.17, 15) is 4.79 Å². The van der Waals surface area contributed by atoms with Gasteiger partial charge in [-0.05, 0) is 52.1 Å². The standard InChI is InChI=1S/C17H30N2O2.ClH/c1-2-21-15-12-14(17(15)8-4-3-5-9-17)19-16(20)13-6-10-18-11-7-13;/h13-15,18H,2-12H2,1H3,(H,19,20);1H. The minimum atomic E-state index is 0. The first-order valence-electron chi connectivity index (χ1n) is 8.89. The van der Waals surface area contributed by atoms with Crippen LogP contribution in [0.2, 0.25) is 0 Å².